The van der Waals surface area contributed by atoms with Gasteiger partial charge in [0, 0.05) is 23.0 Å². The Kier molecular flexibility index (Phi) is 3.01. The van der Waals surface area contributed by atoms with Crippen LogP contribution in [0.4, 0.5) is 0 Å². The van der Waals surface area contributed by atoms with Crippen molar-refractivity contribution in [1.82, 2.24) is 5.32 Å². The summed E-state index contributed by atoms with van der Waals surface area (Å²) in [7, 11) is 0. The van der Waals surface area contributed by atoms with Gasteiger partial charge in [0.15, 0.2) is 0 Å². The van der Waals surface area contributed by atoms with Crippen LogP contribution in [0.3, 0.4) is 0 Å². The van der Waals surface area contributed by atoms with Crippen LogP contribution in [0, 0.1) is 0 Å². The molecule has 1 N–H and O–H groups in total. The average molecular weight is 217 g/mol. The van der Waals surface area contributed by atoms with Crippen molar-refractivity contribution in [2.24, 2.45) is 0 Å². The van der Waals surface area contributed by atoms with Crippen molar-refractivity contribution in [3.05, 3.63) is 36.1 Å². The van der Waals surface area contributed by atoms with E-state index in [0.29, 0.717) is 0 Å². The third-order valence-corrected chi connectivity index (χ3v) is 3.20. The summed E-state index contributed by atoms with van der Waals surface area (Å²) in [4.78, 5) is 0. The maximum atomic E-state index is 5.51. The molecule has 0 saturated carbocycles. The van der Waals surface area contributed by atoms with Gasteiger partial charge in [0.25, 0.3) is 0 Å². The summed E-state index contributed by atoms with van der Waals surface area (Å²) >= 11 is 0. The second-order valence-electron chi connectivity index (χ2n) is 4.85. The van der Waals surface area contributed by atoms with Crippen LogP contribution in [0.15, 0.2) is 34.9 Å². The van der Waals surface area contributed by atoms with Crippen molar-refractivity contribution >= 4 is 11.0 Å². The zero-order valence-electron chi connectivity index (χ0n) is 10.2. The van der Waals surface area contributed by atoms with Gasteiger partial charge < -0.3 is 9.73 Å². The summed E-state index contributed by atoms with van der Waals surface area (Å²) in [6.07, 6.45) is 2.96. The van der Waals surface area contributed by atoms with E-state index in [-0.39, 0.29) is 5.54 Å². The lowest BCUT2D eigenvalue weighted by Crippen LogP contribution is -2.37. The van der Waals surface area contributed by atoms with E-state index in [1.165, 1.54) is 10.9 Å². The second-order valence-corrected chi connectivity index (χ2v) is 4.85. The Morgan fingerprint density at radius 1 is 1.25 bits per heavy atom. The monoisotopic (exact) mass is 217 g/mol. The van der Waals surface area contributed by atoms with Crippen LogP contribution in [0.2, 0.25) is 0 Å². The molecule has 0 atom stereocenters. The predicted molar refractivity (Wildman–Crippen MR) is 67.4 cm³/mol. The van der Waals surface area contributed by atoms with E-state index < -0.39 is 0 Å². The first-order valence-electron chi connectivity index (χ1n) is 5.82. The van der Waals surface area contributed by atoms with E-state index in [9.17, 15) is 0 Å². The number of nitrogens with one attached hydrogen (secondary N) is 1. The Morgan fingerprint density at radius 3 is 2.75 bits per heavy atom. The highest BCUT2D eigenvalue weighted by atomic mass is 16.3. The lowest BCUT2D eigenvalue weighted by atomic mass is 10.0. The molecule has 2 rings (SSSR count). The maximum absolute atomic E-state index is 5.51. The van der Waals surface area contributed by atoms with Gasteiger partial charge in [-0.15, -0.1) is 0 Å². The van der Waals surface area contributed by atoms with Crippen LogP contribution in [0.5, 0.6) is 0 Å². The molecule has 0 aliphatic rings. The maximum Gasteiger partial charge on any atom is 0.134 e. The van der Waals surface area contributed by atoms with Crippen molar-refractivity contribution in [1.29, 1.82) is 0 Å². The van der Waals surface area contributed by atoms with Crippen molar-refractivity contribution in [2.45, 2.75) is 39.3 Å². The summed E-state index contributed by atoms with van der Waals surface area (Å²) in [6.45, 7) is 7.49. The van der Waals surface area contributed by atoms with E-state index in [4.69, 9.17) is 4.42 Å². The van der Waals surface area contributed by atoms with E-state index in [1.54, 1.807) is 0 Å². The minimum absolute atomic E-state index is 0.179. The van der Waals surface area contributed by atoms with Gasteiger partial charge >= 0.3 is 0 Å². The van der Waals surface area contributed by atoms with Gasteiger partial charge in [-0.2, -0.15) is 0 Å². The van der Waals surface area contributed by atoms with Gasteiger partial charge in [-0.25, -0.2) is 0 Å². The smallest absolute Gasteiger partial charge is 0.134 e. The Bertz CT molecular complexity index is 470. The van der Waals surface area contributed by atoms with Crippen LogP contribution in [0.1, 0.15) is 32.8 Å². The number of fused-ring (bicyclic) bond motifs is 1. The highest BCUT2D eigenvalue weighted by molar-refractivity contribution is 5.80. The molecule has 1 aromatic heterocycles. The molecule has 0 radical (unpaired) electrons. The zero-order chi connectivity index (χ0) is 11.6. The first kappa shape index (κ1) is 11.2. The van der Waals surface area contributed by atoms with Crippen molar-refractivity contribution < 1.29 is 4.42 Å². The van der Waals surface area contributed by atoms with E-state index >= 15 is 0 Å². The minimum atomic E-state index is 0.179. The van der Waals surface area contributed by atoms with Crippen LogP contribution in [-0.2, 0) is 6.54 Å². The van der Waals surface area contributed by atoms with Gasteiger partial charge in [-0.05, 0) is 26.3 Å². The fraction of sp³-hybridized carbons (Fsp3) is 0.429. The first-order valence-corrected chi connectivity index (χ1v) is 5.82. The van der Waals surface area contributed by atoms with Crippen LogP contribution >= 0.6 is 0 Å². The molecule has 86 valence electrons. The van der Waals surface area contributed by atoms with Crippen molar-refractivity contribution in [2.75, 3.05) is 0 Å². The molecule has 0 spiro atoms. The molecule has 1 aromatic carbocycles. The fourth-order valence-corrected chi connectivity index (χ4v) is 1.63. The quantitative estimate of drug-likeness (QED) is 0.844. The Morgan fingerprint density at radius 2 is 2.00 bits per heavy atom. The second kappa shape index (κ2) is 4.30. The summed E-state index contributed by atoms with van der Waals surface area (Å²) in [5.74, 6) is 0. The average Bonchev–Trinajstić information content (AvgIpc) is 2.70. The molecule has 0 bridgehead atoms. The number of hydrogen-bond acceptors (Lipinski definition) is 2. The van der Waals surface area contributed by atoms with Gasteiger partial charge in [0.05, 0.1) is 6.26 Å². The Hall–Kier alpha value is -1.28. The van der Waals surface area contributed by atoms with Crippen molar-refractivity contribution in [3.63, 3.8) is 0 Å². The molecule has 0 amide bonds. The SMILES string of the molecule is CCC(C)(C)NCc1coc2ccccc12. The van der Waals surface area contributed by atoms with Crippen LogP contribution < -0.4 is 5.32 Å². The normalized spacial score (nSPS) is 12.2. The summed E-state index contributed by atoms with van der Waals surface area (Å²) in [5.41, 5.74) is 2.38. The minimum Gasteiger partial charge on any atom is -0.464 e. The lowest BCUT2D eigenvalue weighted by molar-refractivity contribution is 0.374. The lowest BCUT2D eigenvalue weighted by Gasteiger charge is -2.24. The molecule has 0 aliphatic heterocycles. The highest BCUT2D eigenvalue weighted by Gasteiger charge is 2.14. The molecule has 16 heavy (non-hydrogen) atoms. The van der Waals surface area contributed by atoms with Gasteiger partial charge in [-0.1, -0.05) is 25.1 Å². The molecule has 0 unspecified atom stereocenters. The number of benzene rings is 1. The highest BCUT2D eigenvalue weighted by Crippen LogP contribution is 2.21. The van der Waals surface area contributed by atoms with Gasteiger partial charge in [0.1, 0.15) is 5.58 Å². The molecule has 0 fully saturated rings. The standard InChI is InChI=1S/C14H19NO/c1-4-14(2,3)15-9-11-10-16-13-8-6-5-7-12(11)13/h5-8,10,15H,4,9H2,1-3H3. The third-order valence-electron chi connectivity index (χ3n) is 3.20. The molecular formula is C14H19NO. The number of hydrogen-bond donors (Lipinski definition) is 1. The number of rotatable bonds is 4. The summed E-state index contributed by atoms with van der Waals surface area (Å²) in [5, 5.41) is 4.75. The molecule has 0 aliphatic carbocycles. The van der Waals surface area contributed by atoms with Crippen LogP contribution in [-0.4, -0.2) is 5.54 Å². The molecule has 2 aromatic rings. The number of para-hydroxylation sites is 1. The van der Waals surface area contributed by atoms with Gasteiger partial charge in [-0.3, -0.25) is 0 Å². The predicted octanol–water partition coefficient (Wildman–Crippen LogP) is 3.71. The van der Waals surface area contributed by atoms with Crippen molar-refractivity contribution in [3.8, 4) is 0 Å². The van der Waals surface area contributed by atoms with E-state index in [1.807, 2.05) is 24.5 Å². The molecule has 0 saturated heterocycles. The molecular weight excluding hydrogens is 198 g/mol. The number of furan rings is 1. The fourth-order valence-electron chi connectivity index (χ4n) is 1.63. The molecule has 1 heterocycles. The Balaban J connectivity index is 2.16. The largest absolute Gasteiger partial charge is 0.464 e. The third kappa shape index (κ3) is 2.27. The zero-order valence-corrected chi connectivity index (χ0v) is 10.2. The Labute approximate surface area is 96.6 Å². The molecule has 2 heteroatoms. The summed E-state index contributed by atoms with van der Waals surface area (Å²) < 4.78 is 5.51. The van der Waals surface area contributed by atoms with E-state index in [2.05, 4.69) is 32.2 Å². The van der Waals surface area contributed by atoms with Crippen LogP contribution in [0.25, 0.3) is 11.0 Å². The first-order chi connectivity index (χ1) is 7.62. The van der Waals surface area contributed by atoms with Gasteiger partial charge in [0.2, 0.25) is 0 Å². The van der Waals surface area contributed by atoms with E-state index in [0.717, 1.165) is 18.5 Å². The summed E-state index contributed by atoms with van der Waals surface area (Å²) in [6, 6.07) is 8.16. The topological polar surface area (TPSA) is 25.2 Å². The molecule has 2 nitrogen and oxygen atoms in total.